The average molecular weight is 410 g/mol. The van der Waals surface area contributed by atoms with Crippen LogP contribution in [0.5, 0.6) is 0 Å². The van der Waals surface area contributed by atoms with Crippen molar-refractivity contribution in [2.75, 3.05) is 7.11 Å². The Bertz CT molecular complexity index is 789. The molecule has 0 amide bonds. The van der Waals surface area contributed by atoms with Crippen LogP contribution in [0.2, 0.25) is 10.0 Å². The van der Waals surface area contributed by atoms with Gasteiger partial charge in [0.25, 0.3) is 5.60 Å². The second-order valence-electron chi connectivity index (χ2n) is 5.15. The number of amidine groups is 1. The Balaban J connectivity index is 2.29. The third-order valence-electron chi connectivity index (χ3n) is 3.40. The van der Waals surface area contributed by atoms with Crippen molar-refractivity contribution in [2.24, 2.45) is 15.9 Å². The van der Waals surface area contributed by atoms with E-state index in [2.05, 4.69) is 14.9 Å². The van der Waals surface area contributed by atoms with Crippen molar-refractivity contribution in [1.29, 1.82) is 0 Å². The lowest BCUT2D eigenvalue weighted by atomic mass is 9.89. The van der Waals surface area contributed by atoms with Crippen LogP contribution in [0.3, 0.4) is 0 Å². The number of carbonyl (C=O) groups excluding carboxylic acids is 1. The van der Waals surface area contributed by atoms with E-state index in [-0.39, 0.29) is 27.1 Å². The number of nitrogens with two attached hydrogens (primary N) is 1. The molecular formula is C15H12Cl2F3N3O3. The Labute approximate surface area is 156 Å². The molecule has 2 rings (SSSR count). The molecule has 0 saturated heterocycles. The first kappa shape index (κ1) is 20.1. The quantitative estimate of drug-likeness (QED) is 0.469. The smallest absolute Gasteiger partial charge is 0.435 e. The number of halogens is 5. The Kier molecular flexibility index (Phi) is 5.82. The molecular weight excluding hydrogens is 398 g/mol. The number of allylic oxidation sites excluding steroid dienone is 1. The van der Waals surface area contributed by atoms with Gasteiger partial charge in [0.1, 0.15) is 5.70 Å². The van der Waals surface area contributed by atoms with Gasteiger partial charge in [-0.25, -0.2) is 9.79 Å². The molecule has 1 heterocycles. The van der Waals surface area contributed by atoms with Gasteiger partial charge in [0, 0.05) is 21.8 Å². The van der Waals surface area contributed by atoms with E-state index in [0.29, 0.717) is 0 Å². The number of hydrogen-bond donors (Lipinski definition) is 1. The predicted molar refractivity (Wildman–Crippen MR) is 90.1 cm³/mol. The second-order valence-corrected chi connectivity index (χ2v) is 6.02. The monoisotopic (exact) mass is 409 g/mol. The Morgan fingerprint density at radius 1 is 1.38 bits per heavy atom. The van der Waals surface area contributed by atoms with Crippen molar-refractivity contribution in [3.63, 3.8) is 0 Å². The molecule has 0 saturated carbocycles. The fraction of sp³-hybridized carbons (Fsp3) is 0.267. The summed E-state index contributed by atoms with van der Waals surface area (Å²) in [6.45, 7) is 0. The van der Waals surface area contributed by atoms with Gasteiger partial charge in [-0.1, -0.05) is 28.4 Å². The lowest BCUT2D eigenvalue weighted by Gasteiger charge is -2.29. The van der Waals surface area contributed by atoms with Crippen LogP contribution in [0.4, 0.5) is 13.2 Å². The van der Waals surface area contributed by atoms with E-state index in [0.717, 1.165) is 31.5 Å². The number of ether oxygens (including phenoxy) is 1. The van der Waals surface area contributed by atoms with Crippen molar-refractivity contribution >= 4 is 41.2 Å². The molecule has 140 valence electrons. The molecule has 0 spiro atoms. The van der Waals surface area contributed by atoms with Gasteiger partial charge in [-0.3, -0.25) is 0 Å². The van der Waals surface area contributed by atoms with Crippen molar-refractivity contribution in [3.05, 3.63) is 45.6 Å². The number of nitrogens with zero attached hydrogens (tertiary/aromatic N) is 2. The number of oxime groups is 1. The SMILES string of the molecule is COC(=O)C(N)=CC=NC1=NOC(c2cc(Cl)cc(Cl)c2)(C(F)(F)F)C1. The van der Waals surface area contributed by atoms with Crippen molar-refractivity contribution in [3.8, 4) is 0 Å². The van der Waals surface area contributed by atoms with Gasteiger partial charge in [-0.2, -0.15) is 13.2 Å². The summed E-state index contributed by atoms with van der Waals surface area (Å²) in [6.07, 6.45) is -3.44. The van der Waals surface area contributed by atoms with Crippen molar-refractivity contribution in [1.82, 2.24) is 0 Å². The summed E-state index contributed by atoms with van der Waals surface area (Å²) in [5.41, 5.74) is 2.02. The fourth-order valence-electron chi connectivity index (χ4n) is 2.13. The van der Waals surface area contributed by atoms with E-state index in [1.165, 1.54) is 6.07 Å². The highest BCUT2D eigenvalue weighted by Gasteiger charge is 2.62. The summed E-state index contributed by atoms with van der Waals surface area (Å²) in [5.74, 6) is -1.06. The van der Waals surface area contributed by atoms with Crippen LogP contribution in [0.1, 0.15) is 12.0 Å². The molecule has 6 nitrogen and oxygen atoms in total. The molecule has 0 fully saturated rings. The molecule has 0 aromatic heterocycles. The minimum absolute atomic E-state index is 0.0189. The molecule has 1 aliphatic heterocycles. The minimum Gasteiger partial charge on any atom is -0.464 e. The van der Waals surface area contributed by atoms with E-state index >= 15 is 0 Å². The van der Waals surface area contributed by atoms with Crippen LogP contribution in [0.25, 0.3) is 0 Å². The first-order chi connectivity index (χ1) is 12.1. The van der Waals surface area contributed by atoms with E-state index in [4.69, 9.17) is 33.8 Å². The molecule has 26 heavy (non-hydrogen) atoms. The minimum atomic E-state index is -4.82. The Morgan fingerprint density at radius 2 is 2.00 bits per heavy atom. The average Bonchev–Trinajstić information content (AvgIpc) is 2.98. The zero-order valence-electron chi connectivity index (χ0n) is 13.2. The number of hydrogen-bond acceptors (Lipinski definition) is 6. The Hall–Kier alpha value is -2.26. The maximum absolute atomic E-state index is 13.7. The highest BCUT2D eigenvalue weighted by molar-refractivity contribution is 6.34. The molecule has 1 atom stereocenters. The van der Waals surface area contributed by atoms with Gasteiger partial charge in [0.2, 0.25) is 0 Å². The first-order valence-electron chi connectivity index (χ1n) is 6.95. The number of methoxy groups -OCH3 is 1. The molecule has 0 aliphatic carbocycles. The fourth-order valence-corrected chi connectivity index (χ4v) is 2.66. The maximum Gasteiger partial charge on any atom is 0.435 e. The summed E-state index contributed by atoms with van der Waals surface area (Å²) in [6, 6.07) is 3.49. The van der Waals surface area contributed by atoms with Gasteiger partial charge in [0.15, 0.2) is 5.84 Å². The van der Waals surface area contributed by atoms with Gasteiger partial charge in [-0.15, -0.1) is 0 Å². The largest absolute Gasteiger partial charge is 0.464 e. The topological polar surface area (TPSA) is 86.3 Å². The molecule has 2 N–H and O–H groups in total. The van der Waals surface area contributed by atoms with Gasteiger partial charge in [-0.05, 0) is 24.3 Å². The zero-order chi connectivity index (χ0) is 19.5. The van der Waals surface area contributed by atoms with Crippen LogP contribution in [0, 0.1) is 0 Å². The molecule has 1 aromatic rings. The first-order valence-corrected chi connectivity index (χ1v) is 7.71. The van der Waals surface area contributed by atoms with Crippen LogP contribution in [-0.4, -0.2) is 31.3 Å². The molecule has 1 aromatic carbocycles. The van der Waals surface area contributed by atoms with Crippen LogP contribution in [0.15, 0.2) is 40.1 Å². The predicted octanol–water partition coefficient (Wildman–Crippen LogP) is 3.57. The molecule has 1 unspecified atom stereocenters. The summed E-state index contributed by atoms with van der Waals surface area (Å²) in [4.78, 5) is 19.6. The number of esters is 1. The second kappa shape index (κ2) is 7.55. The summed E-state index contributed by atoms with van der Waals surface area (Å²) in [5, 5.41) is 3.42. The van der Waals surface area contributed by atoms with Gasteiger partial charge in [0.05, 0.1) is 13.5 Å². The summed E-state index contributed by atoms with van der Waals surface area (Å²) >= 11 is 11.6. The van der Waals surface area contributed by atoms with E-state index in [1.807, 2.05) is 0 Å². The van der Waals surface area contributed by atoms with Crippen LogP contribution in [-0.2, 0) is 20.0 Å². The number of carbonyl (C=O) groups is 1. The van der Waals surface area contributed by atoms with Gasteiger partial charge < -0.3 is 15.3 Å². The number of alkyl halides is 3. The van der Waals surface area contributed by atoms with Crippen LogP contribution < -0.4 is 5.73 Å². The normalized spacial score (nSPS) is 20.8. The summed E-state index contributed by atoms with van der Waals surface area (Å²) < 4.78 is 45.5. The van der Waals surface area contributed by atoms with E-state index in [1.54, 1.807) is 0 Å². The molecule has 11 heteroatoms. The highest BCUT2D eigenvalue weighted by Crippen LogP contribution is 2.49. The number of aliphatic imine (C=N–C) groups is 1. The standard InChI is InChI=1S/C15H12Cl2F3N3O3/c1-25-13(24)11(21)2-3-22-12-7-14(26-23-12,15(18,19)20)8-4-9(16)6-10(17)5-8/h2-6H,7,21H2,1H3. The lowest BCUT2D eigenvalue weighted by molar-refractivity contribution is -0.275. The van der Waals surface area contributed by atoms with Gasteiger partial charge >= 0.3 is 12.1 Å². The van der Waals surface area contributed by atoms with Crippen LogP contribution >= 0.6 is 23.2 Å². The molecule has 0 bridgehead atoms. The summed E-state index contributed by atoms with van der Waals surface area (Å²) in [7, 11) is 1.13. The van der Waals surface area contributed by atoms with E-state index in [9.17, 15) is 18.0 Å². The third kappa shape index (κ3) is 4.10. The highest BCUT2D eigenvalue weighted by atomic mass is 35.5. The van der Waals surface area contributed by atoms with Crippen molar-refractivity contribution < 1.29 is 27.5 Å². The Morgan fingerprint density at radius 3 is 2.54 bits per heavy atom. The third-order valence-corrected chi connectivity index (χ3v) is 3.84. The van der Waals surface area contributed by atoms with E-state index < -0.39 is 24.2 Å². The molecule has 0 radical (unpaired) electrons. The number of rotatable bonds is 3. The van der Waals surface area contributed by atoms with Crippen molar-refractivity contribution in [2.45, 2.75) is 18.2 Å². The maximum atomic E-state index is 13.7. The number of benzene rings is 1. The lowest BCUT2D eigenvalue weighted by Crippen LogP contribution is -2.42. The molecule has 1 aliphatic rings. The zero-order valence-corrected chi connectivity index (χ0v) is 14.7.